The molecule has 0 fully saturated rings. The lowest BCUT2D eigenvalue weighted by Gasteiger charge is -2.24. The molecular formula is C16H18BrNOS. The lowest BCUT2D eigenvalue weighted by atomic mass is 10.0. The molecule has 0 amide bonds. The van der Waals surface area contributed by atoms with Crippen molar-refractivity contribution in [3.05, 3.63) is 58.6 Å². The van der Waals surface area contributed by atoms with Crippen LogP contribution in [-0.4, -0.2) is 12.3 Å². The average molecular weight is 352 g/mol. The second-order valence-electron chi connectivity index (χ2n) is 4.60. The zero-order valence-electron chi connectivity index (χ0n) is 11.5. The summed E-state index contributed by atoms with van der Waals surface area (Å²) < 4.78 is 7.20. The summed E-state index contributed by atoms with van der Waals surface area (Å²) >= 11 is 5.17. The van der Waals surface area contributed by atoms with E-state index >= 15 is 0 Å². The Balaban J connectivity index is 2.31. The van der Waals surface area contributed by atoms with Gasteiger partial charge in [-0.25, -0.2) is 0 Å². The molecule has 2 N–H and O–H groups in total. The first-order valence-electron chi connectivity index (χ1n) is 6.42. The van der Waals surface area contributed by atoms with Crippen molar-refractivity contribution in [3.8, 4) is 5.75 Å². The topological polar surface area (TPSA) is 35.2 Å². The zero-order chi connectivity index (χ0) is 14.5. The van der Waals surface area contributed by atoms with Crippen LogP contribution < -0.4 is 10.5 Å². The van der Waals surface area contributed by atoms with E-state index in [1.165, 1.54) is 0 Å². The Labute approximate surface area is 132 Å². The molecule has 2 unspecified atom stereocenters. The smallest absolute Gasteiger partial charge is 0.139 e. The number of ether oxygens (including phenoxy) is 1. The Morgan fingerprint density at radius 1 is 1.15 bits per heavy atom. The van der Waals surface area contributed by atoms with Crippen LogP contribution in [0.3, 0.4) is 0 Å². The van der Waals surface area contributed by atoms with E-state index < -0.39 is 0 Å². The summed E-state index contributed by atoms with van der Waals surface area (Å²) in [5, 5.41) is 0. The standard InChI is InChI=1S/C16H18BrNOS/c1-11(18)16(12-6-5-7-13(17)10-12)19-14-8-3-4-9-15(14)20-2/h3-11,16H,18H2,1-2H3. The van der Waals surface area contributed by atoms with Gasteiger partial charge in [-0.2, -0.15) is 0 Å². The number of nitrogens with two attached hydrogens (primary N) is 1. The van der Waals surface area contributed by atoms with Gasteiger partial charge in [-0.15, -0.1) is 11.8 Å². The van der Waals surface area contributed by atoms with Gasteiger partial charge in [-0.3, -0.25) is 0 Å². The van der Waals surface area contributed by atoms with Gasteiger partial charge in [-0.1, -0.05) is 40.2 Å². The molecule has 0 saturated heterocycles. The number of thioether (sulfide) groups is 1. The van der Waals surface area contributed by atoms with Crippen LogP contribution in [0, 0.1) is 0 Å². The minimum absolute atomic E-state index is 0.0980. The van der Waals surface area contributed by atoms with Crippen LogP contribution in [0.2, 0.25) is 0 Å². The summed E-state index contributed by atoms with van der Waals surface area (Å²) in [4.78, 5) is 1.12. The molecule has 0 bridgehead atoms. The molecule has 2 nitrogen and oxygen atoms in total. The van der Waals surface area contributed by atoms with Crippen LogP contribution in [0.4, 0.5) is 0 Å². The summed E-state index contributed by atoms with van der Waals surface area (Å²) in [6, 6.07) is 16.0. The largest absolute Gasteiger partial charge is 0.483 e. The van der Waals surface area contributed by atoms with Crippen LogP contribution in [0.5, 0.6) is 5.75 Å². The molecule has 0 radical (unpaired) electrons. The fourth-order valence-electron chi connectivity index (χ4n) is 2.02. The van der Waals surface area contributed by atoms with E-state index in [4.69, 9.17) is 10.5 Å². The lowest BCUT2D eigenvalue weighted by Crippen LogP contribution is -2.29. The predicted octanol–water partition coefficient (Wildman–Crippen LogP) is 4.64. The number of benzene rings is 2. The van der Waals surface area contributed by atoms with Crippen LogP contribution in [0.25, 0.3) is 0 Å². The first-order valence-corrected chi connectivity index (χ1v) is 8.44. The van der Waals surface area contributed by atoms with Crippen LogP contribution in [-0.2, 0) is 0 Å². The van der Waals surface area contributed by atoms with Crippen molar-refractivity contribution in [1.29, 1.82) is 0 Å². The summed E-state index contributed by atoms with van der Waals surface area (Å²) in [7, 11) is 0. The SMILES string of the molecule is CSc1ccccc1OC(c1cccc(Br)c1)C(C)N. The molecule has 2 aromatic rings. The first-order chi connectivity index (χ1) is 9.61. The molecule has 20 heavy (non-hydrogen) atoms. The number of hydrogen-bond acceptors (Lipinski definition) is 3. The molecule has 0 aliphatic rings. The predicted molar refractivity (Wildman–Crippen MR) is 89.4 cm³/mol. The molecule has 0 aliphatic heterocycles. The molecule has 0 saturated carbocycles. The third-order valence-electron chi connectivity index (χ3n) is 2.98. The number of hydrogen-bond donors (Lipinski definition) is 1. The van der Waals surface area contributed by atoms with E-state index in [0.29, 0.717) is 0 Å². The molecule has 0 aromatic heterocycles. The van der Waals surface area contributed by atoms with Gasteiger partial charge >= 0.3 is 0 Å². The maximum atomic E-state index is 6.17. The van der Waals surface area contributed by atoms with Crippen molar-refractivity contribution >= 4 is 27.7 Å². The van der Waals surface area contributed by atoms with Crippen LogP contribution >= 0.6 is 27.7 Å². The Morgan fingerprint density at radius 3 is 2.55 bits per heavy atom. The molecule has 2 rings (SSSR count). The first kappa shape index (κ1) is 15.4. The molecule has 2 aromatic carbocycles. The Kier molecular flexibility index (Phi) is 5.52. The Hall–Kier alpha value is -0.970. The number of para-hydroxylation sites is 1. The van der Waals surface area contributed by atoms with E-state index in [1.807, 2.05) is 49.6 Å². The van der Waals surface area contributed by atoms with E-state index in [1.54, 1.807) is 11.8 Å². The van der Waals surface area contributed by atoms with Gasteiger partial charge in [0.25, 0.3) is 0 Å². The van der Waals surface area contributed by atoms with E-state index in [-0.39, 0.29) is 12.1 Å². The van der Waals surface area contributed by atoms with Crippen molar-refractivity contribution in [3.63, 3.8) is 0 Å². The highest BCUT2D eigenvalue weighted by atomic mass is 79.9. The van der Waals surface area contributed by atoms with Crippen molar-refractivity contribution in [1.82, 2.24) is 0 Å². The fraction of sp³-hybridized carbons (Fsp3) is 0.250. The minimum Gasteiger partial charge on any atom is -0.483 e. The highest BCUT2D eigenvalue weighted by Crippen LogP contribution is 2.32. The van der Waals surface area contributed by atoms with Crippen molar-refractivity contribution in [2.45, 2.75) is 24.0 Å². The minimum atomic E-state index is -0.166. The third-order valence-corrected chi connectivity index (χ3v) is 4.25. The quantitative estimate of drug-likeness (QED) is 0.797. The highest BCUT2D eigenvalue weighted by Gasteiger charge is 2.19. The maximum Gasteiger partial charge on any atom is 0.139 e. The molecule has 106 valence electrons. The van der Waals surface area contributed by atoms with Crippen molar-refractivity contribution in [2.24, 2.45) is 5.73 Å². The highest BCUT2D eigenvalue weighted by molar-refractivity contribution is 9.10. The number of rotatable bonds is 5. The van der Waals surface area contributed by atoms with Gasteiger partial charge in [0, 0.05) is 15.4 Å². The van der Waals surface area contributed by atoms with Gasteiger partial charge in [-0.05, 0) is 43.0 Å². The van der Waals surface area contributed by atoms with E-state index in [9.17, 15) is 0 Å². The van der Waals surface area contributed by atoms with Crippen LogP contribution in [0.1, 0.15) is 18.6 Å². The average Bonchev–Trinajstić information content (AvgIpc) is 2.44. The van der Waals surface area contributed by atoms with Gasteiger partial charge in [0.05, 0.1) is 0 Å². The second kappa shape index (κ2) is 7.16. The molecule has 4 heteroatoms. The Bertz CT molecular complexity index is 574. The monoisotopic (exact) mass is 351 g/mol. The van der Waals surface area contributed by atoms with Gasteiger partial charge in [0.2, 0.25) is 0 Å². The fourth-order valence-corrected chi connectivity index (χ4v) is 2.96. The Morgan fingerprint density at radius 2 is 1.90 bits per heavy atom. The van der Waals surface area contributed by atoms with E-state index in [2.05, 4.69) is 28.1 Å². The molecule has 0 spiro atoms. The van der Waals surface area contributed by atoms with Gasteiger partial charge in [0.15, 0.2) is 0 Å². The second-order valence-corrected chi connectivity index (χ2v) is 6.37. The van der Waals surface area contributed by atoms with E-state index in [0.717, 1.165) is 20.7 Å². The molecule has 2 atom stereocenters. The summed E-state index contributed by atoms with van der Waals surface area (Å²) in [5.74, 6) is 0.877. The van der Waals surface area contributed by atoms with Crippen molar-refractivity contribution < 1.29 is 4.74 Å². The van der Waals surface area contributed by atoms with Crippen molar-refractivity contribution in [2.75, 3.05) is 6.26 Å². The molecule has 0 heterocycles. The normalized spacial score (nSPS) is 13.8. The summed E-state index contributed by atoms with van der Waals surface area (Å²) in [5.41, 5.74) is 7.19. The molecular weight excluding hydrogens is 334 g/mol. The summed E-state index contributed by atoms with van der Waals surface area (Å²) in [6.07, 6.45) is 1.88. The van der Waals surface area contributed by atoms with Crippen LogP contribution in [0.15, 0.2) is 57.9 Å². The summed E-state index contributed by atoms with van der Waals surface area (Å²) in [6.45, 7) is 1.97. The zero-order valence-corrected chi connectivity index (χ0v) is 13.9. The maximum absolute atomic E-state index is 6.17. The van der Waals surface area contributed by atoms with Gasteiger partial charge in [0.1, 0.15) is 11.9 Å². The van der Waals surface area contributed by atoms with Gasteiger partial charge < -0.3 is 10.5 Å². The number of halogens is 1. The lowest BCUT2D eigenvalue weighted by molar-refractivity contribution is 0.176. The third kappa shape index (κ3) is 3.78. The molecule has 0 aliphatic carbocycles.